The van der Waals surface area contributed by atoms with Crippen molar-refractivity contribution in [1.82, 2.24) is 0 Å². The molecular weight excluding hydrogens is 260 g/mol. The van der Waals surface area contributed by atoms with Crippen molar-refractivity contribution < 1.29 is 9.90 Å². The maximum Gasteiger partial charge on any atom is 0.124 e. The summed E-state index contributed by atoms with van der Waals surface area (Å²) in [6, 6.07) is 7.98. The van der Waals surface area contributed by atoms with Gasteiger partial charge in [-0.2, -0.15) is 0 Å². The molecule has 0 saturated heterocycles. The summed E-state index contributed by atoms with van der Waals surface area (Å²) >= 11 is 0. The van der Waals surface area contributed by atoms with E-state index in [9.17, 15) is 9.90 Å². The Bertz CT molecular complexity index is 489. The second-order valence-corrected chi connectivity index (χ2v) is 7.48. The number of rotatable bonds is 2. The highest BCUT2D eigenvalue weighted by Crippen LogP contribution is 2.65. The zero-order valence-electron chi connectivity index (χ0n) is 13.7. The van der Waals surface area contributed by atoms with Gasteiger partial charge in [0, 0.05) is 6.42 Å². The molecule has 2 aliphatic rings. The fourth-order valence-corrected chi connectivity index (χ4v) is 3.98. The highest BCUT2D eigenvalue weighted by molar-refractivity contribution is 5.54. The van der Waals surface area contributed by atoms with E-state index in [1.807, 2.05) is 31.2 Å². The Morgan fingerprint density at radius 1 is 1.24 bits per heavy atom. The molecule has 3 unspecified atom stereocenters. The molecule has 2 heteroatoms. The van der Waals surface area contributed by atoms with Gasteiger partial charge in [-0.25, -0.2) is 0 Å². The molecule has 2 saturated carbocycles. The van der Waals surface area contributed by atoms with Crippen LogP contribution in [0.2, 0.25) is 0 Å². The lowest BCUT2D eigenvalue weighted by atomic mass is 9.70. The Morgan fingerprint density at radius 3 is 2.19 bits per heavy atom. The molecule has 1 aromatic rings. The highest BCUT2D eigenvalue weighted by atomic mass is 16.3. The molecule has 2 aliphatic carbocycles. The second kappa shape index (κ2) is 5.92. The predicted octanol–water partition coefficient (Wildman–Crippen LogP) is 3.93. The van der Waals surface area contributed by atoms with Crippen LogP contribution in [0.5, 0.6) is 0 Å². The molecule has 0 aliphatic heterocycles. The standard InChI is InChI=1S/C10H18O.C9H10O/c1-9(2)7-4-5-10(9,3)8(11)6-7;1-8-2-4-9(5-3-8)6-7-10/h7-8,11H,4-6H2,1-3H3;2-5,7H,6H2,1H3. The minimum atomic E-state index is -0.0313. The van der Waals surface area contributed by atoms with Crippen LogP contribution in [-0.4, -0.2) is 17.5 Å². The lowest BCUT2D eigenvalue weighted by Gasteiger charge is -2.36. The number of aliphatic hydroxyl groups excluding tert-OH is 1. The maximum atomic E-state index is 10.1. The number of benzene rings is 1. The first-order chi connectivity index (χ1) is 9.81. The molecule has 0 aromatic heterocycles. The van der Waals surface area contributed by atoms with E-state index in [-0.39, 0.29) is 11.5 Å². The van der Waals surface area contributed by atoms with Gasteiger partial charge in [0.2, 0.25) is 0 Å². The second-order valence-electron chi connectivity index (χ2n) is 7.48. The molecule has 0 amide bonds. The van der Waals surface area contributed by atoms with Gasteiger partial charge in [-0.1, -0.05) is 50.6 Å². The quantitative estimate of drug-likeness (QED) is 0.837. The average Bonchev–Trinajstić information content (AvgIpc) is 2.75. The van der Waals surface area contributed by atoms with Crippen molar-refractivity contribution in [3.63, 3.8) is 0 Å². The van der Waals surface area contributed by atoms with E-state index in [1.165, 1.54) is 18.4 Å². The van der Waals surface area contributed by atoms with Crippen LogP contribution >= 0.6 is 0 Å². The molecule has 3 rings (SSSR count). The minimum absolute atomic E-state index is 0.0313. The first kappa shape index (κ1) is 16.2. The lowest BCUT2D eigenvalue weighted by Crippen LogP contribution is -2.35. The smallest absolute Gasteiger partial charge is 0.124 e. The van der Waals surface area contributed by atoms with E-state index in [1.54, 1.807) is 0 Å². The molecule has 3 atom stereocenters. The Kier molecular flexibility index (Phi) is 4.57. The zero-order valence-corrected chi connectivity index (χ0v) is 13.7. The van der Waals surface area contributed by atoms with Crippen LogP contribution < -0.4 is 0 Å². The normalized spacial score (nSPS) is 32.4. The molecule has 0 radical (unpaired) electrons. The summed E-state index contributed by atoms with van der Waals surface area (Å²) < 4.78 is 0. The summed E-state index contributed by atoms with van der Waals surface area (Å²) in [5.74, 6) is 0.780. The first-order valence-corrected chi connectivity index (χ1v) is 7.98. The van der Waals surface area contributed by atoms with E-state index in [0.717, 1.165) is 24.2 Å². The van der Waals surface area contributed by atoms with E-state index in [4.69, 9.17) is 0 Å². The van der Waals surface area contributed by atoms with Crippen LogP contribution in [0, 0.1) is 23.7 Å². The zero-order chi connectivity index (χ0) is 15.7. The Morgan fingerprint density at radius 2 is 1.86 bits per heavy atom. The highest BCUT2D eigenvalue weighted by Gasteiger charge is 2.60. The number of aliphatic hydroxyl groups is 1. The number of hydrogen-bond acceptors (Lipinski definition) is 2. The molecule has 2 fully saturated rings. The summed E-state index contributed by atoms with van der Waals surface area (Å²) in [4.78, 5) is 10.1. The van der Waals surface area contributed by atoms with Crippen LogP contribution in [0.4, 0.5) is 0 Å². The summed E-state index contributed by atoms with van der Waals surface area (Å²) in [6.07, 6.45) is 5.03. The van der Waals surface area contributed by atoms with Crippen molar-refractivity contribution in [2.45, 2.75) is 59.5 Å². The van der Waals surface area contributed by atoms with Crippen molar-refractivity contribution in [2.75, 3.05) is 0 Å². The van der Waals surface area contributed by atoms with E-state index in [2.05, 4.69) is 20.8 Å². The molecular formula is C19H28O2. The molecule has 21 heavy (non-hydrogen) atoms. The van der Waals surface area contributed by atoms with Gasteiger partial charge in [0.1, 0.15) is 6.29 Å². The Labute approximate surface area is 128 Å². The van der Waals surface area contributed by atoms with Gasteiger partial charge in [-0.3, -0.25) is 0 Å². The molecule has 0 heterocycles. The summed E-state index contributed by atoms with van der Waals surface area (Å²) in [7, 11) is 0. The third-order valence-corrected chi connectivity index (χ3v) is 6.19. The van der Waals surface area contributed by atoms with Gasteiger partial charge in [-0.15, -0.1) is 0 Å². The SMILES string of the molecule is CC1(C)C2CCC1(C)C(O)C2.Cc1ccc(CC=O)cc1. The largest absolute Gasteiger partial charge is 0.393 e. The van der Waals surface area contributed by atoms with Gasteiger partial charge in [0.05, 0.1) is 6.10 Å². The van der Waals surface area contributed by atoms with E-state index >= 15 is 0 Å². The van der Waals surface area contributed by atoms with Crippen LogP contribution in [0.1, 0.15) is 51.2 Å². The van der Waals surface area contributed by atoms with E-state index < -0.39 is 0 Å². The monoisotopic (exact) mass is 288 g/mol. The number of aldehydes is 1. The topological polar surface area (TPSA) is 37.3 Å². The third-order valence-electron chi connectivity index (χ3n) is 6.19. The van der Waals surface area contributed by atoms with Crippen LogP contribution in [0.25, 0.3) is 0 Å². The Hall–Kier alpha value is -1.15. The number of hydrogen-bond donors (Lipinski definition) is 1. The molecule has 1 N–H and O–H groups in total. The molecule has 2 nitrogen and oxygen atoms in total. The molecule has 116 valence electrons. The average molecular weight is 288 g/mol. The first-order valence-electron chi connectivity index (χ1n) is 7.98. The summed E-state index contributed by atoms with van der Waals surface area (Å²) in [6.45, 7) is 8.93. The van der Waals surface area contributed by atoms with Gasteiger partial charge < -0.3 is 9.90 Å². The van der Waals surface area contributed by atoms with Gasteiger partial charge >= 0.3 is 0 Å². The summed E-state index contributed by atoms with van der Waals surface area (Å²) in [5.41, 5.74) is 2.92. The molecule has 2 bridgehead atoms. The minimum Gasteiger partial charge on any atom is -0.393 e. The van der Waals surface area contributed by atoms with Crippen LogP contribution in [0.15, 0.2) is 24.3 Å². The number of carbonyl (C=O) groups is 1. The van der Waals surface area contributed by atoms with Gasteiger partial charge in [0.25, 0.3) is 0 Å². The fraction of sp³-hybridized carbons (Fsp3) is 0.632. The number of fused-ring (bicyclic) bond motifs is 2. The fourth-order valence-electron chi connectivity index (χ4n) is 3.98. The number of carbonyl (C=O) groups excluding carboxylic acids is 1. The van der Waals surface area contributed by atoms with Gasteiger partial charge in [-0.05, 0) is 48.5 Å². The summed E-state index contributed by atoms with van der Waals surface area (Å²) in [5, 5.41) is 9.81. The van der Waals surface area contributed by atoms with Crippen LogP contribution in [-0.2, 0) is 11.2 Å². The van der Waals surface area contributed by atoms with Crippen molar-refractivity contribution in [3.05, 3.63) is 35.4 Å². The Balaban J connectivity index is 0.000000155. The molecule has 1 aromatic carbocycles. The van der Waals surface area contributed by atoms with Crippen LogP contribution in [0.3, 0.4) is 0 Å². The van der Waals surface area contributed by atoms with Crippen molar-refractivity contribution in [1.29, 1.82) is 0 Å². The van der Waals surface area contributed by atoms with Gasteiger partial charge in [0.15, 0.2) is 0 Å². The lowest BCUT2D eigenvalue weighted by molar-refractivity contribution is -0.107. The number of aryl methyl sites for hydroxylation is 1. The third kappa shape index (κ3) is 2.91. The maximum absolute atomic E-state index is 10.1. The van der Waals surface area contributed by atoms with Crippen molar-refractivity contribution in [3.8, 4) is 0 Å². The molecule has 0 spiro atoms. The van der Waals surface area contributed by atoms with Crippen molar-refractivity contribution in [2.24, 2.45) is 16.7 Å². The van der Waals surface area contributed by atoms with E-state index in [0.29, 0.717) is 11.8 Å². The van der Waals surface area contributed by atoms with Crippen molar-refractivity contribution >= 4 is 6.29 Å². The predicted molar refractivity (Wildman–Crippen MR) is 86.2 cm³/mol.